The first-order chi connectivity index (χ1) is 9.67. The van der Waals surface area contributed by atoms with Crippen molar-refractivity contribution in [2.24, 2.45) is 5.92 Å². The van der Waals surface area contributed by atoms with Crippen molar-refractivity contribution in [1.29, 1.82) is 0 Å². The van der Waals surface area contributed by atoms with Gasteiger partial charge in [0.2, 0.25) is 5.91 Å². The minimum Gasteiger partial charge on any atom is -0.493 e. The van der Waals surface area contributed by atoms with Crippen LogP contribution in [0.4, 0.5) is 0 Å². The van der Waals surface area contributed by atoms with E-state index in [-0.39, 0.29) is 18.4 Å². The molecule has 4 heteroatoms. The molecule has 20 heavy (non-hydrogen) atoms. The maximum absolute atomic E-state index is 11.7. The molecule has 1 aromatic carbocycles. The van der Waals surface area contributed by atoms with Crippen molar-refractivity contribution < 1.29 is 14.6 Å². The fraction of sp³-hybridized carbons (Fsp3) is 0.438. The molecule has 0 aliphatic heterocycles. The van der Waals surface area contributed by atoms with Gasteiger partial charge in [-0.05, 0) is 31.4 Å². The molecule has 0 saturated heterocycles. The van der Waals surface area contributed by atoms with Gasteiger partial charge in [-0.15, -0.1) is 0 Å². The van der Waals surface area contributed by atoms with Crippen LogP contribution in [-0.4, -0.2) is 30.8 Å². The molecule has 0 heterocycles. The number of carbonyl (C=O) groups excluding carboxylic acids is 1. The third kappa shape index (κ3) is 5.89. The van der Waals surface area contributed by atoms with E-state index in [1.807, 2.05) is 38.1 Å². The highest BCUT2D eigenvalue weighted by Crippen LogP contribution is 2.19. The molecule has 4 nitrogen and oxygen atoms in total. The topological polar surface area (TPSA) is 58.6 Å². The molecule has 0 aromatic heterocycles. The quantitative estimate of drug-likeness (QED) is 0.716. The van der Waals surface area contributed by atoms with Gasteiger partial charge in [-0.3, -0.25) is 4.79 Å². The Morgan fingerprint density at radius 3 is 2.90 bits per heavy atom. The number of nitrogens with one attached hydrogen (secondary N) is 1. The summed E-state index contributed by atoms with van der Waals surface area (Å²) in [6.45, 7) is 5.22. The molecule has 110 valence electrons. The average molecular weight is 277 g/mol. The van der Waals surface area contributed by atoms with Crippen LogP contribution in [0, 0.1) is 5.92 Å². The lowest BCUT2D eigenvalue weighted by atomic mass is 10.1. The molecule has 1 amide bonds. The summed E-state index contributed by atoms with van der Waals surface area (Å²) in [6, 6.07) is 7.59. The van der Waals surface area contributed by atoms with Crippen LogP contribution < -0.4 is 10.1 Å². The predicted molar refractivity (Wildman–Crippen MR) is 80.5 cm³/mol. The summed E-state index contributed by atoms with van der Waals surface area (Å²) in [6.07, 6.45) is 3.94. The zero-order valence-corrected chi connectivity index (χ0v) is 12.1. The summed E-state index contributed by atoms with van der Waals surface area (Å²) in [5.74, 6) is 0.904. The number of rotatable bonds is 8. The number of hydrogen-bond donors (Lipinski definition) is 2. The zero-order chi connectivity index (χ0) is 14.8. The lowest BCUT2D eigenvalue weighted by molar-refractivity contribution is -0.116. The average Bonchev–Trinajstić information content (AvgIpc) is 2.45. The Labute approximate surface area is 120 Å². The molecule has 0 bridgehead atoms. The molecule has 0 fully saturated rings. The molecule has 0 saturated carbocycles. The summed E-state index contributed by atoms with van der Waals surface area (Å²) in [7, 11) is 0. The number of ether oxygens (including phenoxy) is 1. The second-order valence-electron chi connectivity index (χ2n) is 4.67. The van der Waals surface area contributed by atoms with Crippen molar-refractivity contribution in [3.8, 4) is 5.75 Å². The van der Waals surface area contributed by atoms with Gasteiger partial charge in [-0.1, -0.05) is 25.1 Å². The second kappa shape index (κ2) is 9.15. The molecule has 1 aromatic rings. The Morgan fingerprint density at radius 1 is 1.45 bits per heavy atom. The SMILES string of the molecule is CCOc1ccccc1C=CC(=O)NCC(C)CCO. The van der Waals surface area contributed by atoms with Gasteiger partial charge in [0.25, 0.3) is 0 Å². The predicted octanol–water partition coefficient (Wildman–Crippen LogP) is 2.23. The van der Waals surface area contributed by atoms with Gasteiger partial charge in [0, 0.05) is 24.8 Å². The van der Waals surface area contributed by atoms with E-state index in [1.165, 1.54) is 6.08 Å². The van der Waals surface area contributed by atoms with E-state index >= 15 is 0 Å². The Kier molecular flexibility index (Phi) is 7.43. The van der Waals surface area contributed by atoms with Crippen LogP contribution in [0.2, 0.25) is 0 Å². The van der Waals surface area contributed by atoms with Crippen LogP contribution in [0.25, 0.3) is 6.08 Å². The number of benzene rings is 1. The number of hydrogen-bond acceptors (Lipinski definition) is 3. The van der Waals surface area contributed by atoms with E-state index in [4.69, 9.17) is 9.84 Å². The van der Waals surface area contributed by atoms with Gasteiger partial charge in [0.1, 0.15) is 5.75 Å². The molecule has 0 aliphatic carbocycles. The van der Waals surface area contributed by atoms with Crippen LogP contribution >= 0.6 is 0 Å². The molecular formula is C16H23NO3. The lowest BCUT2D eigenvalue weighted by Crippen LogP contribution is -2.26. The molecule has 0 radical (unpaired) electrons. The number of para-hydroxylation sites is 1. The van der Waals surface area contributed by atoms with Gasteiger partial charge < -0.3 is 15.2 Å². The molecule has 0 spiro atoms. The minimum atomic E-state index is -0.138. The number of amides is 1. The highest BCUT2D eigenvalue weighted by Gasteiger charge is 2.03. The summed E-state index contributed by atoms with van der Waals surface area (Å²) in [5.41, 5.74) is 0.882. The van der Waals surface area contributed by atoms with E-state index in [2.05, 4.69) is 5.32 Å². The van der Waals surface area contributed by atoms with E-state index in [0.717, 1.165) is 11.3 Å². The van der Waals surface area contributed by atoms with E-state index in [0.29, 0.717) is 19.6 Å². The summed E-state index contributed by atoms with van der Waals surface area (Å²) < 4.78 is 5.49. The van der Waals surface area contributed by atoms with Gasteiger partial charge in [0.15, 0.2) is 0 Å². The van der Waals surface area contributed by atoms with Crippen molar-refractivity contribution >= 4 is 12.0 Å². The number of carbonyl (C=O) groups is 1. The normalized spacial score (nSPS) is 12.3. The second-order valence-corrected chi connectivity index (χ2v) is 4.67. The van der Waals surface area contributed by atoms with Crippen LogP contribution in [0.5, 0.6) is 5.75 Å². The third-order valence-electron chi connectivity index (χ3n) is 2.88. The third-order valence-corrected chi connectivity index (χ3v) is 2.88. The maximum atomic E-state index is 11.7. The Hall–Kier alpha value is -1.81. The molecular weight excluding hydrogens is 254 g/mol. The molecule has 0 aliphatic rings. The molecule has 1 rings (SSSR count). The van der Waals surface area contributed by atoms with E-state index < -0.39 is 0 Å². The standard InChI is InChI=1S/C16H23NO3/c1-3-20-15-7-5-4-6-14(15)8-9-16(19)17-12-13(2)10-11-18/h4-9,13,18H,3,10-12H2,1-2H3,(H,17,19). The highest BCUT2D eigenvalue weighted by molar-refractivity contribution is 5.92. The van der Waals surface area contributed by atoms with Gasteiger partial charge in [0.05, 0.1) is 6.61 Å². The number of aliphatic hydroxyl groups excluding tert-OH is 1. The Bertz CT molecular complexity index is 443. The van der Waals surface area contributed by atoms with Crippen molar-refractivity contribution in [2.75, 3.05) is 19.8 Å². The van der Waals surface area contributed by atoms with E-state index in [1.54, 1.807) is 6.08 Å². The van der Waals surface area contributed by atoms with Gasteiger partial charge >= 0.3 is 0 Å². The van der Waals surface area contributed by atoms with E-state index in [9.17, 15) is 4.79 Å². The largest absolute Gasteiger partial charge is 0.493 e. The minimum absolute atomic E-state index is 0.138. The Morgan fingerprint density at radius 2 is 2.20 bits per heavy atom. The fourth-order valence-corrected chi connectivity index (χ4v) is 1.73. The molecule has 1 atom stereocenters. The Balaban J connectivity index is 2.52. The summed E-state index contributed by atoms with van der Waals surface area (Å²) >= 11 is 0. The van der Waals surface area contributed by atoms with Crippen molar-refractivity contribution in [3.63, 3.8) is 0 Å². The first-order valence-electron chi connectivity index (χ1n) is 6.96. The fourth-order valence-electron chi connectivity index (χ4n) is 1.73. The first-order valence-corrected chi connectivity index (χ1v) is 6.96. The first kappa shape index (κ1) is 16.2. The van der Waals surface area contributed by atoms with Crippen LogP contribution in [0.1, 0.15) is 25.8 Å². The lowest BCUT2D eigenvalue weighted by Gasteiger charge is -2.09. The van der Waals surface area contributed by atoms with Gasteiger partial charge in [-0.25, -0.2) is 0 Å². The monoisotopic (exact) mass is 277 g/mol. The van der Waals surface area contributed by atoms with Crippen LogP contribution in [-0.2, 0) is 4.79 Å². The summed E-state index contributed by atoms with van der Waals surface area (Å²) in [5, 5.41) is 11.6. The maximum Gasteiger partial charge on any atom is 0.244 e. The van der Waals surface area contributed by atoms with Crippen LogP contribution in [0.3, 0.4) is 0 Å². The van der Waals surface area contributed by atoms with Crippen molar-refractivity contribution in [1.82, 2.24) is 5.32 Å². The zero-order valence-electron chi connectivity index (χ0n) is 12.1. The smallest absolute Gasteiger partial charge is 0.244 e. The van der Waals surface area contributed by atoms with Crippen molar-refractivity contribution in [2.45, 2.75) is 20.3 Å². The van der Waals surface area contributed by atoms with Crippen molar-refractivity contribution in [3.05, 3.63) is 35.9 Å². The summed E-state index contributed by atoms with van der Waals surface area (Å²) in [4.78, 5) is 11.7. The molecule has 2 N–H and O–H groups in total. The number of aliphatic hydroxyl groups is 1. The highest BCUT2D eigenvalue weighted by atomic mass is 16.5. The molecule has 1 unspecified atom stereocenters. The van der Waals surface area contributed by atoms with Crippen LogP contribution in [0.15, 0.2) is 30.3 Å². The van der Waals surface area contributed by atoms with Gasteiger partial charge in [-0.2, -0.15) is 0 Å².